The van der Waals surface area contributed by atoms with Gasteiger partial charge < -0.3 is 45.4 Å². The summed E-state index contributed by atoms with van der Waals surface area (Å²) < 4.78 is 11.1. The Morgan fingerprint density at radius 1 is 0.531 bits per heavy atom. The van der Waals surface area contributed by atoms with Crippen molar-refractivity contribution < 1.29 is 44.9 Å². The van der Waals surface area contributed by atoms with Crippen molar-refractivity contribution in [1.29, 1.82) is 0 Å². The number of hydrogen-bond acceptors (Lipinski definition) is 9. The lowest BCUT2D eigenvalue weighted by atomic mass is 9.99. The molecule has 1 heterocycles. The van der Waals surface area contributed by atoms with Crippen molar-refractivity contribution in [3.05, 3.63) is 48.6 Å². The minimum absolute atomic E-state index is 0.296. The number of amides is 1. The van der Waals surface area contributed by atoms with E-state index in [1.54, 1.807) is 6.08 Å². The molecule has 1 rings (SSSR count). The Balaban J connectivity index is 2.32. The number of carbonyl (C=O) groups is 1. The van der Waals surface area contributed by atoms with E-state index in [0.29, 0.717) is 19.3 Å². The molecule has 1 fully saturated rings. The molecule has 374 valence electrons. The summed E-state index contributed by atoms with van der Waals surface area (Å²) in [4.78, 5) is 13.1. The SMILES string of the molecule is CCCCCCC/C=C/CC/C=C/CC/C=C/C(O)C(COC1OC(CO)C(O)C(O)C1O)NC(=O)C(O)CCCCCCCCCC/C=C\CCCCCCCCCCCCCC. The van der Waals surface area contributed by atoms with Gasteiger partial charge in [0.2, 0.25) is 5.91 Å². The molecule has 7 N–H and O–H groups in total. The molecule has 8 atom stereocenters. The lowest BCUT2D eigenvalue weighted by molar-refractivity contribution is -0.302. The van der Waals surface area contributed by atoms with Crippen molar-refractivity contribution in [3.63, 3.8) is 0 Å². The van der Waals surface area contributed by atoms with Crippen LogP contribution >= 0.6 is 0 Å². The van der Waals surface area contributed by atoms with E-state index >= 15 is 0 Å². The molecule has 0 aromatic carbocycles. The van der Waals surface area contributed by atoms with Crippen LogP contribution in [0.1, 0.15) is 226 Å². The molecule has 1 amide bonds. The normalized spacial score (nSPS) is 20.9. The van der Waals surface area contributed by atoms with Crippen molar-refractivity contribution in [3.8, 4) is 0 Å². The molecule has 10 heteroatoms. The second kappa shape index (κ2) is 43.7. The quantitative estimate of drug-likeness (QED) is 0.0232. The summed E-state index contributed by atoms with van der Waals surface area (Å²) in [5, 5.41) is 64.8. The van der Waals surface area contributed by atoms with Gasteiger partial charge in [-0.1, -0.05) is 204 Å². The lowest BCUT2D eigenvalue weighted by Crippen LogP contribution is -2.60. The minimum atomic E-state index is -1.62. The van der Waals surface area contributed by atoms with Crippen LogP contribution in [-0.2, 0) is 14.3 Å². The molecule has 0 aliphatic carbocycles. The van der Waals surface area contributed by atoms with Crippen LogP contribution < -0.4 is 5.32 Å². The van der Waals surface area contributed by atoms with Crippen LogP contribution in [0, 0.1) is 0 Å². The molecule has 1 aliphatic rings. The summed E-state index contributed by atoms with van der Waals surface area (Å²) in [6.07, 6.45) is 46.4. The lowest BCUT2D eigenvalue weighted by Gasteiger charge is -2.40. The Hall–Kier alpha value is -1.89. The number of allylic oxidation sites excluding steroid dienone is 7. The van der Waals surface area contributed by atoms with Crippen LogP contribution in [0.15, 0.2) is 48.6 Å². The second-order valence-electron chi connectivity index (χ2n) is 18.4. The molecule has 64 heavy (non-hydrogen) atoms. The van der Waals surface area contributed by atoms with Gasteiger partial charge in [0.25, 0.3) is 0 Å². The Bertz CT molecular complexity index is 1160. The van der Waals surface area contributed by atoms with Crippen molar-refractivity contribution >= 4 is 5.91 Å². The first-order valence-electron chi connectivity index (χ1n) is 26.5. The van der Waals surface area contributed by atoms with Crippen LogP contribution in [0.4, 0.5) is 0 Å². The van der Waals surface area contributed by atoms with E-state index in [2.05, 4.69) is 55.6 Å². The monoisotopic (exact) mass is 906 g/mol. The molecule has 0 aromatic heterocycles. The fraction of sp³-hybridized carbons (Fsp3) is 0.833. The van der Waals surface area contributed by atoms with Crippen molar-refractivity contribution in [1.82, 2.24) is 5.32 Å². The summed E-state index contributed by atoms with van der Waals surface area (Å²) in [5.41, 5.74) is 0. The number of nitrogens with one attached hydrogen (secondary N) is 1. The fourth-order valence-corrected chi connectivity index (χ4v) is 8.13. The van der Waals surface area contributed by atoms with Gasteiger partial charge in [0.05, 0.1) is 25.4 Å². The number of hydrogen-bond donors (Lipinski definition) is 7. The zero-order valence-corrected chi connectivity index (χ0v) is 40.9. The highest BCUT2D eigenvalue weighted by Crippen LogP contribution is 2.23. The molecule has 8 unspecified atom stereocenters. The van der Waals surface area contributed by atoms with E-state index in [9.17, 15) is 35.4 Å². The van der Waals surface area contributed by atoms with Gasteiger partial charge >= 0.3 is 0 Å². The Morgan fingerprint density at radius 2 is 0.922 bits per heavy atom. The highest BCUT2D eigenvalue weighted by molar-refractivity contribution is 5.80. The van der Waals surface area contributed by atoms with Crippen molar-refractivity contribution in [2.45, 2.75) is 275 Å². The van der Waals surface area contributed by atoms with Crippen LogP contribution in [0.3, 0.4) is 0 Å². The molecule has 0 bridgehead atoms. The van der Waals surface area contributed by atoms with E-state index in [-0.39, 0.29) is 6.61 Å². The van der Waals surface area contributed by atoms with Crippen molar-refractivity contribution in [2.24, 2.45) is 0 Å². The fourth-order valence-electron chi connectivity index (χ4n) is 8.13. The predicted octanol–water partition coefficient (Wildman–Crippen LogP) is 11.1. The third kappa shape index (κ3) is 32.7. The largest absolute Gasteiger partial charge is 0.394 e. The average molecular weight is 906 g/mol. The number of unbranched alkanes of at least 4 members (excludes halogenated alkanes) is 27. The molecule has 0 radical (unpaired) electrons. The molecule has 10 nitrogen and oxygen atoms in total. The number of carbonyl (C=O) groups excluding carboxylic acids is 1. The standard InChI is InChI=1S/C54H99NO9/c1-3-5-7-9-11-13-15-17-19-20-21-22-23-24-25-26-27-29-31-33-35-37-39-41-43-48(58)53(62)55-46(45-63-54-52(61)51(60)50(59)49(44-56)64-54)47(57)42-40-38-36-34-32-30-28-18-16-14-12-10-8-6-4-2/h16,18,24-25,32,34,40,42,46-52,54,56-61H,3-15,17,19-23,26-31,33,35-39,41,43-45H2,1-2H3,(H,55,62)/b18-16+,25-24-,34-32+,42-40+. The third-order valence-electron chi connectivity index (χ3n) is 12.5. The first kappa shape index (κ1) is 60.1. The summed E-state index contributed by atoms with van der Waals surface area (Å²) in [6, 6.07) is -1.01. The molecule has 1 saturated heterocycles. The molecule has 1 aliphatic heterocycles. The van der Waals surface area contributed by atoms with Gasteiger partial charge in [-0.15, -0.1) is 0 Å². The average Bonchev–Trinajstić information content (AvgIpc) is 3.29. The Labute approximate surface area is 391 Å². The van der Waals surface area contributed by atoms with Gasteiger partial charge in [0, 0.05) is 0 Å². The smallest absolute Gasteiger partial charge is 0.249 e. The van der Waals surface area contributed by atoms with Crippen LogP contribution in [-0.4, -0.2) is 98.7 Å². The molecular weight excluding hydrogens is 807 g/mol. The summed E-state index contributed by atoms with van der Waals surface area (Å²) in [5.74, 6) is -0.633. The summed E-state index contributed by atoms with van der Waals surface area (Å²) in [6.45, 7) is 3.58. The highest BCUT2D eigenvalue weighted by Gasteiger charge is 2.44. The van der Waals surface area contributed by atoms with Gasteiger partial charge in [-0.25, -0.2) is 0 Å². The zero-order valence-electron chi connectivity index (χ0n) is 40.9. The molecule has 0 aromatic rings. The molecule has 0 spiro atoms. The van der Waals surface area contributed by atoms with Crippen LogP contribution in [0.25, 0.3) is 0 Å². The maximum atomic E-state index is 13.1. The number of ether oxygens (including phenoxy) is 2. The predicted molar refractivity (Wildman–Crippen MR) is 264 cm³/mol. The summed E-state index contributed by atoms with van der Waals surface area (Å²) >= 11 is 0. The summed E-state index contributed by atoms with van der Waals surface area (Å²) in [7, 11) is 0. The Morgan fingerprint density at radius 3 is 1.36 bits per heavy atom. The third-order valence-corrected chi connectivity index (χ3v) is 12.5. The first-order chi connectivity index (χ1) is 31.3. The molecular formula is C54H99NO9. The van der Waals surface area contributed by atoms with E-state index in [1.807, 2.05) is 6.08 Å². The Kier molecular flexibility index (Phi) is 41.0. The number of aliphatic hydroxyl groups is 6. The number of rotatable bonds is 44. The van der Waals surface area contributed by atoms with E-state index in [1.165, 1.54) is 148 Å². The minimum Gasteiger partial charge on any atom is -0.394 e. The van der Waals surface area contributed by atoms with E-state index < -0.39 is 61.5 Å². The van der Waals surface area contributed by atoms with Gasteiger partial charge in [-0.3, -0.25) is 4.79 Å². The number of aliphatic hydroxyl groups excluding tert-OH is 6. The van der Waals surface area contributed by atoms with Gasteiger partial charge in [-0.05, 0) is 70.6 Å². The maximum Gasteiger partial charge on any atom is 0.249 e. The van der Waals surface area contributed by atoms with Gasteiger partial charge in [0.1, 0.15) is 30.5 Å². The van der Waals surface area contributed by atoms with Crippen LogP contribution in [0.2, 0.25) is 0 Å². The molecule has 0 saturated carbocycles. The van der Waals surface area contributed by atoms with E-state index in [4.69, 9.17) is 9.47 Å². The zero-order chi connectivity index (χ0) is 46.7. The highest BCUT2D eigenvalue weighted by atomic mass is 16.7. The first-order valence-corrected chi connectivity index (χ1v) is 26.5. The topological polar surface area (TPSA) is 169 Å². The van der Waals surface area contributed by atoms with Gasteiger partial charge in [-0.2, -0.15) is 0 Å². The van der Waals surface area contributed by atoms with Gasteiger partial charge in [0.15, 0.2) is 6.29 Å². The maximum absolute atomic E-state index is 13.1. The van der Waals surface area contributed by atoms with Crippen LogP contribution in [0.5, 0.6) is 0 Å². The van der Waals surface area contributed by atoms with Crippen molar-refractivity contribution in [2.75, 3.05) is 13.2 Å². The van der Waals surface area contributed by atoms with E-state index in [0.717, 1.165) is 44.9 Å². The second-order valence-corrected chi connectivity index (χ2v) is 18.4.